The van der Waals surface area contributed by atoms with Gasteiger partial charge in [-0.2, -0.15) is 0 Å². The molecule has 0 aromatic carbocycles. The second-order valence-electron chi connectivity index (χ2n) is 4.58. The molecule has 0 aliphatic carbocycles. The highest BCUT2D eigenvalue weighted by atomic mass is 16.5. The van der Waals surface area contributed by atoms with Crippen LogP contribution in [0.15, 0.2) is 18.3 Å². The van der Waals surface area contributed by atoms with Gasteiger partial charge in [0.15, 0.2) is 0 Å². The van der Waals surface area contributed by atoms with E-state index in [9.17, 15) is 0 Å². The SMILES string of the molecule is Cc1ccc(C2CN(C3COC3)C2)cn1. The summed E-state index contributed by atoms with van der Waals surface area (Å²) in [5, 5.41) is 0. The van der Waals surface area contributed by atoms with E-state index in [0.717, 1.165) is 18.9 Å². The topological polar surface area (TPSA) is 25.4 Å². The predicted molar refractivity (Wildman–Crippen MR) is 57.9 cm³/mol. The third-order valence-electron chi connectivity index (χ3n) is 3.45. The van der Waals surface area contributed by atoms with Gasteiger partial charge in [0, 0.05) is 30.9 Å². The van der Waals surface area contributed by atoms with E-state index in [0.29, 0.717) is 12.0 Å². The number of aryl methyl sites for hydroxylation is 1. The van der Waals surface area contributed by atoms with Crippen LogP contribution in [-0.4, -0.2) is 42.2 Å². The average molecular weight is 204 g/mol. The van der Waals surface area contributed by atoms with Crippen molar-refractivity contribution in [1.29, 1.82) is 0 Å². The molecule has 0 atom stereocenters. The summed E-state index contributed by atoms with van der Waals surface area (Å²) in [5.41, 5.74) is 2.49. The molecular weight excluding hydrogens is 188 g/mol. The number of hydrogen-bond donors (Lipinski definition) is 0. The Morgan fingerprint density at radius 1 is 1.33 bits per heavy atom. The standard InChI is InChI=1S/C12H16N2O/c1-9-2-3-10(4-13-9)11-5-14(6-11)12-7-15-8-12/h2-4,11-12H,5-8H2,1H3. The largest absolute Gasteiger partial charge is 0.378 e. The lowest BCUT2D eigenvalue weighted by molar-refractivity contribution is -0.0906. The molecule has 3 nitrogen and oxygen atoms in total. The molecule has 2 fully saturated rings. The Balaban J connectivity index is 1.59. The molecule has 0 N–H and O–H groups in total. The fourth-order valence-corrected chi connectivity index (χ4v) is 2.18. The third kappa shape index (κ3) is 1.66. The van der Waals surface area contributed by atoms with Crippen molar-refractivity contribution in [3.05, 3.63) is 29.6 Å². The molecule has 0 spiro atoms. The summed E-state index contributed by atoms with van der Waals surface area (Å²) in [7, 11) is 0. The van der Waals surface area contributed by atoms with E-state index >= 15 is 0 Å². The Hall–Kier alpha value is -0.930. The van der Waals surface area contributed by atoms with Gasteiger partial charge in [0.1, 0.15) is 0 Å². The van der Waals surface area contributed by atoms with Crippen LogP contribution in [0.4, 0.5) is 0 Å². The van der Waals surface area contributed by atoms with Crippen LogP contribution < -0.4 is 0 Å². The molecule has 3 heteroatoms. The number of hydrogen-bond acceptors (Lipinski definition) is 3. The molecule has 80 valence electrons. The van der Waals surface area contributed by atoms with E-state index in [1.165, 1.54) is 18.7 Å². The predicted octanol–water partition coefficient (Wildman–Crippen LogP) is 1.19. The van der Waals surface area contributed by atoms with Crippen LogP contribution >= 0.6 is 0 Å². The number of rotatable bonds is 2. The number of ether oxygens (including phenoxy) is 1. The van der Waals surface area contributed by atoms with Gasteiger partial charge in [-0.25, -0.2) is 0 Å². The van der Waals surface area contributed by atoms with Gasteiger partial charge in [0.25, 0.3) is 0 Å². The maximum absolute atomic E-state index is 5.19. The molecule has 2 aliphatic heterocycles. The molecule has 0 amide bonds. The maximum Gasteiger partial charge on any atom is 0.0645 e. The maximum atomic E-state index is 5.19. The Morgan fingerprint density at radius 2 is 2.13 bits per heavy atom. The van der Waals surface area contributed by atoms with Gasteiger partial charge in [-0.3, -0.25) is 9.88 Å². The van der Waals surface area contributed by atoms with Crippen molar-refractivity contribution < 1.29 is 4.74 Å². The normalized spacial score (nSPS) is 23.5. The first-order valence-corrected chi connectivity index (χ1v) is 5.57. The summed E-state index contributed by atoms with van der Waals surface area (Å²) in [5.74, 6) is 0.693. The van der Waals surface area contributed by atoms with E-state index < -0.39 is 0 Å². The van der Waals surface area contributed by atoms with Crippen LogP contribution in [0, 0.1) is 6.92 Å². The van der Waals surface area contributed by atoms with Gasteiger partial charge in [0.05, 0.1) is 19.3 Å². The minimum absolute atomic E-state index is 0.693. The monoisotopic (exact) mass is 204 g/mol. The molecule has 1 aromatic heterocycles. The van der Waals surface area contributed by atoms with Gasteiger partial charge in [-0.1, -0.05) is 6.07 Å². The third-order valence-corrected chi connectivity index (χ3v) is 3.45. The van der Waals surface area contributed by atoms with E-state index in [2.05, 4.69) is 22.0 Å². The van der Waals surface area contributed by atoms with Crippen LogP contribution in [0.25, 0.3) is 0 Å². The molecular formula is C12H16N2O. The van der Waals surface area contributed by atoms with Crippen LogP contribution in [-0.2, 0) is 4.74 Å². The average Bonchev–Trinajstić information content (AvgIpc) is 2.09. The number of pyridine rings is 1. The van der Waals surface area contributed by atoms with E-state index in [4.69, 9.17) is 4.74 Å². The van der Waals surface area contributed by atoms with Crippen molar-refractivity contribution in [2.45, 2.75) is 18.9 Å². The van der Waals surface area contributed by atoms with Gasteiger partial charge >= 0.3 is 0 Å². The van der Waals surface area contributed by atoms with Gasteiger partial charge in [0.2, 0.25) is 0 Å². The van der Waals surface area contributed by atoms with Crippen LogP contribution in [0.5, 0.6) is 0 Å². The molecule has 0 radical (unpaired) electrons. The van der Waals surface area contributed by atoms with Gasteiger partial charge in [-0.05, 0) is 18.6 Å². The zero-order chi connectivity index (χ0) is 10.3. The van der Waals surface area contributed by atoms with Crippen molar-refractivity contribution >= 4 is 0 Å². The lowest BCUT2D eigenvalue weighted by Crippen LogP contribution is -2.58. The van der Waals surface area contributed by atoms with Gasteiger partial charge in [-0.15, -0.1) is 0 Å². The summed E-state index contributed by atoms with van der Waals surface area (Å²) in [6.07, 6.45) is 2.02. The van der Waals surface area contributed by atoms with Crippen molar-refractivity contribution in [1.82, 2.24) is 9.88 Å². The molecule has 1 aromatic rings. The highest BCUT2D eigenvalue weighted by molar-refractivity contribution is 5.21. The van der Waals surface area contributed by atoms with E-state index in [1.807, 2.05) is 13.1 Å². The number of likely N-dealkylation sites (tertiary alicyclic amines) is 1. The zero-order valence-corrected chi connectivity index (χ0v) is 9.02. The summed E-state index contributed by atoms with van der Waals surface area (Å²) in [4.78, 5) is 6.85. The lowest BCUT2D eigenvalue weighted by atomic mass is 9.90. The molecule has 3 rings (SSSR count). The van der Waals surface area contributed by atoms with Gasteiger partial charge < -0.3 is 4.74 Å². The Bertz CT molecular complexity index is 339. The second kappa shape index (κ2) is 3.58. The molecule has 15 heavy (non-hydrogen) atoms. The summed E-state index contributed by atoms with van der Waals surface area (Å²) < 4.78 is 5.19. The second-order valence-corrected chi connectivity index (χ2v) is 4.58. The molecule has 0 unspecified atom stereocenters. The van der Waals surface area contributed by atoms with Crippen LogP contribution in [0.2, 0.25) is 0 Å². The van der Waals surface area contributed by atoms with Crippen molar-refractivity contribution in [2.24, 2.45) is 0 Å². The van der Waals surface area contributed by atoms with E-state index in [1.54, 1.807) is 0 Å². The molecule has 3 heterocycles. The van der Waals surface area contributed by atoms with Crippen molar-refractivity contribution in [2.75, 3.05) is 26.3 Å². The Kier molecular flexibility index (Phi) is 2.22. The molecule has 2 saturated heterocycles. The Morgan fingerprint density at radius 3 is 2.67 bits per heavy atom. The smallest absolute Gasteiger partial charge is 0.0645 e. The summed E-state index contributed by atoms with van der Waals surface area (Å²) >= 11 is 0. The fourth-order valence-electron chi connectivity index (χ4n) is 2.18. The first-order valence-electron chi connectivity index (χ1n) is 5.57. The molecule has 2 aliphatic rings. The first kappa shape index (κ1) is 9.31. The quantitative estimate of drug-likeness (QED) is 0.723. The minimum atomic E-state index is 0.693. The zero-order valence-electron chi connectivity index (χ0n) is 9.02. The Labute approximate surface area is 90.1 Å². The number of aromatic nitrogens is 1. The first-order chi connectivity index (χ1) is 7.33. The van der Waals surface area contributed by atoms with Crippen LogP contribution in [0.3, 0.4) is 0 Å². The fraction of sp³-hybridized carbons (Fsp3) is 0.583. The lowest BCUT2D eigenvalue weighted by Gasteiger charge is -2.47. The molecule has 0 saturated carbocycles. The van der Waals surface area contributed by atoms with Crippen LogP contribution in [0.1, 0.15) is 17.2 Å². The van der Waals surface area contributed by atoms with Crippen molar-refractivity contribution in [3.63, 3.8) is 0 Å². The summed E-state index contributed by atoms with van der Waals surface area (Å²) in [6.45, 7) is 6.25. The minimum Gasteiger partial charge on any atom is -0.378 e. The highest BCUT2D eigenvalue weighted by Gasteiger charge is 2.36. The van der Waals surface area contributed by atoms with E-state index in [-0.39, 0.29) is 0 Å². The molecule has 0 bridgehead atoms. The summed E-state index contributed by atoms with van der Waals surface area (Å²) in [6, 6.07) is 5.01. The number of nitrogens with zero attached hydrogens (tertiary/aromatic N) is 2. The highest BCUT2D eigenvalue weighted by Crippen LogP contribution is 2.30. The van der Waals surface area contributed by atoms with Crippen molar-refractivity contribution in [3.8, 4) is 0 Å².